The molecule has 4 heteroatoms. The van der Waals surface area contributed by atoms with Gasteiger partial charge in [-0.2, -0.15) is 5.10 Å². The van der Waals surface area contributed by atoms with E-state index in [1.54, 1.807) is 0 Å². The van der Waals surface area contributed by atoms with Gasteiger partial charge in [-0.1, -0.05) is 0 Å². The van der Waals surface area contributed by atoms with E-state index < -0.39 is 0 Å². The first-order valence-corrected chi connectivity index (χ1v) is 6.88. The van der Waals surface area contributed by atoms with Crippen molar-refractivity contribution in [2.75, 3.05) is 0 Å². The third-order valence-electron chi connectivity index (χ3n) is 3.03. The van der Waals surface area contributed by atoms with Crippen LogP contribution in [0.1, 0.15) is 36.0 Å². The minimum absolute atomic E-state index is 0.332. The van der Waals surface area contributed by atoms with Gasteiger partial charge in [-0.25, -0.2) is 0 Å². The Morgan fingerprint density at radius 3 is 2.94 bits per heavy atom. The highest BCUT2D eigenvalue weighted by molar-refractivity contribution is 7.10. The summed E-state index contributed by atoms with van der Waals surface area (Å²) in [6.07, 6.45) is 1.87. The summed E-state index contributed by atoms with van der Waals surface area (Å²) in [6.45, 7) is 8.32. The minimum Gasteiger partial charge on any atom is -0.304 e. The minimum atomic E-state index is 0.332. The van der Waals surface area contributed by atoms with E-state index >= 15 is 0 Å². The topological polar surface area (TPSA) is 29.9 Å². The molecular weight excluding hydrogens is 230 g/mol. The van der Waals surface area contributed by atoms with Crippen LogP contribution in [-0.4, -0.2) is 9.78 Å². The quantitative estimate of drug-likeness (QED) is 0.882. The highest BCUT2D eigenvalue weighted by Crippen LogP contribution is 2.17. The normalized spacial score (nSPS) is 12.9. The van der Waals surface area contributed by atoms with Gasteiger partial charge in [-0.3, -0.25) is 4.68 Å². The summed E-state index contributed by atoms with van der Waals surface area (Å²) in [5.41, 5.74) is 2.63. The van der Waals surface area contributed by atoms with Crippen LogP contribution in [0.2, 0.25) is 0 Å². The Labute approximate surface area is 106 Å². The van der Waals surface area contributed by atoms with Crippen LogP contribution in [0.5, 0.6) is 0 Å². The first-order valence-electron chi connectivity index (χ1n) is 6.00. The molecule has 2 aromatic heterocycles. The first kappa shape index (κ1) is 12.3. The maximum absolute atomic E-state index is 4.30. The van der Waals surface area contributed by atoms with Gasteiger partial charge in [0, 0.05) is 30.2 Å². The van der Waals surface area contributed by atoms with Gasteiger partial charge in [0.2, 0.25) is 0 Å². The van der Waals surface area contributed by atoms with Crippen molar-refractivity contribution in [3.8, 4) is 0 Å². The van der Waals surface area contributed by atoms with Gasteiger partial charge in [0.1, 0.15) is 0 Å². The predicted molar refractivity (Wildman–Crippen MR) is 72.2 cm³/mol. The van der Waals surface area contributed by atoms with Gasteiger partial charge in [0.25, 0.3) is 0 Å². The van der Waals surface area contributed by atoms with Gasteiger partial charge in [-0.15, -0.1) is 11.3 Å². The van der Waals surface area contributed by atoms with Crippen LogP contribution >= 0.6 is 11.3 Å². The second-order valence-corrected chi connectivity index (χ2v) is 5.20. The smallest absolute Gasteiger partial charge is 0.0550 e. The molecule has 0 aliphatic heterocycles. The lowest BCUT2D eigenvalue weighted by atomic mass is 10.2. The lowest BCUT2D eigenvalue weighted by Gasteiger charge is -2.15. The average molecular weight is 249 g/mol. The standard InChI is InChI=1S/C13H19N3S/c1-4-16-12(5-7-15-16)11(3)14-9-13-10(2)6-8-17-13/h5-8,11,14H,4,9H2,1-3H3. The van der Waals surface area contributed by atoms with Crippen LogP contribution in [0.25, 0.3) is 0 Å². The highest BCUT2D eigenvalue weighted by Gasteiger charge is 2.10. The molecule has 0 saturated heterocycles. The van der Waals surface area contributed by atoms with Crippen molar-refractivity contribution in [2.24, 2.45) is 0 Å². The summed E-state index contributed by atoms with van der Waals surface area (Å²) < 4.78 is 2.04. The largest absolute Gasteiger partial charge is 0.304 e. The van der Waals surface area contributed by atoms with Crippen LogP contribution in [0.3, 0.4) is 0 Å². The molecule has 2 rings (SSSR count). The molecule has 3 nitrogen and oxygen atoms in total. The third-order valence-corrected chi connectivity index (χ3v) is 4.05. The Morgan fingerprint density at radius 2 is 2.29 bits per heavy atom. The fourth-order valence-corrected chi connectivity index (χ4v) is 2.77. The molecule has 0 aliphatic carbocycles. The highest BCUT2D eigenvalue weighted by atomic mass is 32.1. The Kier molecular flexibility index (Phi) is 3.97. The molecule has 0 amide bonds. The molecule has 0 radical (unpaired) electrons. The fourth-order valence-electron chi connectivity index (χ4n) is 1.91. The van der Waals surface area contributed by atoms with Gasteiger partial charge in [0.15, 0.2) is 0 Å². The first-order chi connectivity index (χ1) is 8.22. The Bertz CT molecular complexity index is 472. The number of thiophene rings is 1. The second kappa shape index (κ2) is 5.47. The number of hydrogen-bond acceptors (Lipinski definition) is 3. The van der Waals surface area contributed by atoms with Crippen LogP contribution in [-0.2, 0) is 13.1 Å². The van der Waals surface area contributed by atoms with Crippen LogP contribution in [0.4, 0.5) is 0 Å². The molecular formula is C13H19N3S. The third kappa shape index (κ3) is 2.76. The molecule has 17 heavy (non-hydrogen) atoms. The summed E-state index contributed by atoms with van der Waals surface area (Å²) in [4.78, 5) is 1.42. The zero-order valence-corrected chi connectivity index (χ0v) is 11.4. The van der Waals surface area contributed by atoms with Crippen molar-refractivity contribution in [3.63, 3.8) is 0 Å². The lowest BCUT2D eigenvalue weighted by molar-refractivity contribution is 0.511. The lowest BCUT2D eigenvalue weighted by Crippen LogP contribution is -2.21. The summed E-state index contributed by atoms with van der Waals surface area (Å²) in [6, 6.07) is 4.59. The number of aryl methyl sites for hydroxylation is 2. The monoisotopic (exact) mass is 249 g/mol. The molecule has 0 aliphatic rings. The Hall–Kier alpha value is -1.13. The van der Waals surface area contributed by atoms with E-state index in [-0.39, 0.29) is 0 Å². The van der Waals surface area contributed by atoms with Gasteiger partial charge >= 0.3 is 0 Å². The van der Waals surface area contributed by atoms with Crippen LogP contribution < -0.4 is 5.32 Å². The van der Waals surface area contributed by atoms with Crippen molar-refractivity contribution in [1.29, 1.82) is 0 Å². The molecule has 1 unspecified atom stereocenters. The van der Waals surface area contributed by atoms with E-state index in [9.17, 15) is 0 Å². The van der Waals surface area contributed by atoms with Crippen molar-refractivity contribution in [1.82, 2.24) is 15.1 Å². The molecule has 1 N–H and O–H groups in total. The summed E-state index contributed by atoms with van der Waals surface area (Å²) in [5, 5.41) is 10.00. The zero-order valence-electron chi connectivity index (χ0n) is 10.6. The van der Waals surface area contributed by atoms with Crippen molar-refractivity contribution >= 4 is 11.3 Å². The van der Waals surface area contributed by atoms with Crippen LogP contribution in [0, 0.1) is 6.92 Å². The van der Waals surface area contributed by atoms with E-state index in [4.69, 9.17) is 0 Å². The number of nitrogens with zero attached hydrogens (tertiary/aromatic N) is 2. The number of nitrogens with one attached hydrogen (secondary N) is 1. The molecule has 2 heterocycles. The molecule has 0 spiro atoms. The number of rotatable bonds is 5. The number of hydrogen-bond donors (Lipinski definition) is 1. The molecule has 0 bridgehead atoms. The van der Waals surface area contributed by atoms with Crippen molar-refractivity contribution in [3.05, 3.63) is 39.8 Å². The summed E-state index contributed by atoms with van der Waals surface area (Å²) >= 11 is 1.81. The SMILES string of the molecule is CCn1nccc1C(C)NCc1sccc1C. The van der Waals surface area contributed by atoms with E-state index in [2.05, 4.69) is 48.7 Å². The molecule has 1 atom stereocenters. The maximum Gasteiger partial charge on any atom is 0.0550 e. The maximum atomic E-state index is 4.30. The molecule has 2 aromatic rings. The van der Waals surface area contributed by atoms with E-state index in [0.29, 0.717) is 6.04 Å². The van der Waals surface area contributed by atoms with Gasteiger partial charge in [-0.05, 0) is 43.8 Å². The second-order valence-electron chi connectivity index (χ2n) is 4.20. The van der Waals surface area contributed by atoms with Gasteiger partial charge in [0.05, 0.1) is 5.69 Å². The van der Waals surface area contributed by atoms with Crippen molar-refractivity contribution < 1.29 is 0 Å². The van der Waals surface area contributed by atoms with Gasteiger partial charge < -0.3 is 5.32 Å². The van der Waals surface area contributed by atoms with E-state index in [1.807, 2.05) is 22.2 Å². The van der Waals surface area contributed by atoms with E-state index in [1.165, 1.54) is 16.1 Å². The molecule has 92 valence electrons. The predicted octanol–water partition coefficient (Wildman–Crippen LogP) is 3.12. The molecule has 0 aromatic carbocycles. The van der Waals surface area contributed by atoms with Crippen LogP contribution in [0.15, 0.2) is 23.7 Å². The summed E-state index contributed by atoms with van der Waals surface area (Å²) in [7, 11) is 0. The molecule has 0 fully saturated rings. The Morgan fingerprint density at radius 1 is 1.47 bits per heavy atom. The zero-order chi connectivity index (χ0) is 12.3. The summed E-state index contributed by atoms with van der Waals surface area (Å²) in [5.74, 6) is 0. The van der Waals surface area contributed by atoms with E-state index in [0.717, 1.165) is 13.1 Å². The number of aromatic nitrogens is 2. The Balaban J connectivity index is 1.98. The fraction of sp³-hybridized carbons (Fsp3) is 0.462. The van der Waals surface area contributed by atoms with Crippen molar-refractivity contribution in [2.45, 2.75) is 39.9 Å². The molecule has 0 saturated carbocycles. The average Bonchev–Trinajstić information content (AvgIpc) is 2.94.